The van der Waals surface area contributed by atoms with Gasteiger partial charge in [0, 0.05) is 9.40 Å². The number of nitrogens with zero attached hydrogens (tertiary/aromatic N) is 2. The summed E-state index contributed by atoms with van der Waals surface area (Å²) in [5.41, 5.74) is 0. The summed E-state index contributed by atoms with van der Waals surface area (Å²) in [6.45, 7) is 2.07. The van der Waals surface area contributed by atoms with E-state index in [1.807, 2.05) is 6.07 Å². The van der Waals surface area contributed by atoms with Crippen LogP contribution in [-0.2, 0) is 4.74 Å². The SMILES string of the molecule is CCOC(=O)c1n[nH]c(-c2cc3sccc3s2)n1. The van der Waals surface area contributed by atoms with Crippen molar-refractivity contribution in [3.63, 3.8) is 0 Å². The van der Waals surface area contributed by atoms with E-state index in [2.05, 4.69) is 26.6 Å². The number of rotatable bonds is 3. The van der Waals surface area contributed by atoms with Crippen molar-refractivity contribution in [2.75, 3.05) is 6.61 Å². The van der Waals surface area contributed by atoms with Crippen molar-refractivity contribution in [3.8, 4) is 10.7 Å². The van der Waals surface area contributed by atoms with Crippen LogP contribution in [0.5, 0.6) is 0 Å². The normalized spacial score (nSPS) is 10.9. The Morgan fingerprint density at radius 3 is 3.17 bits per heavy atom. The van der Waals surface area contributed by atoms with Gasteiger partial charge in [0.25, 0.3) is 5.82 Å². The van der Waals surface area contributed by atoms with Crippen molar-refractivity contribution in [2.24, 2.45) is 0 Å². The predicted octanol–water partition coefficient (Wildman–Crippen LogP) is 2.92. The molecule has 3 aromatic rings. The summed E-state index contributed by atoms with van der Waals surface area (Å²) in [7, 11) is 0. The maximum Gasteiger partial charge on any atom is 0.378 e. The Morgan fingerprint density at radius 2 is 2.39 bits per heavy atom. The molecule has 18 heavy (non-hydrogen) atoms. The van der Waals surface area contributed by atoms with Gasteiger partial charge in [0.05, 0.1) is 11.5 Å². The van der Waals surface area contributed by atoms with Crippen LogP contribution in [0.25, 0.3) is 20.1 Å². The number of thiophene rings is 2. The second-order valence-corrected chi connectivity index (χ2v) is 5.52. The maximum atomic E-state index is 11.4. The van der Waals surface area contributed by atoms with Gasteiger partial charge in [0.2, 0.25) is 0 Å². The summed E-state index contributed by atoms with van der Waals surface area (Å²) in [6, 6.07) is 4.11. The minimum Gasteiger partial charge on any atom is -0.460 e. The van der Waals surface area contributed by atoms with Crippen LogP contribution in [0.3, 0.4) is 0 Å². The lowest BCUT2D eigenvalue weighted by Gasteiger charge is -1.94. The monoisotopic (exact) mass is 279 g/mol. The van der Waals surface area contributed by atoms with Crippen molar-refractivity contribution in [1.29, 1.82) is 0 Å². The molecule has 0 spiro atoms. The molecule has 0 aliphatic rings. The maximum absolute atomic E-state index is 11.4. The highest BCUT2D eigenvalue weighted by Gasteiger charge is 2.15. The summed E-state index contributed by atoms with van der Waals surface area (Å²) < 4.78 is 7.27. The van der Waals surface area contributed by atoms with Crippen molar-refractivity contribution in [3.05, 3.63) is 23.3 Å². The summed E-state index contributed by atoms with van der Waals surface area (Å²) >= 11 is 3.30. The molecule has 1 N–H and O–H groups in total. The zero-order valence-electron chi connectivity index (χ0n) is 9.47. The molecule has 0 radical (unpaired) electrons. The van der Waals surface area contributed by atoms with Crippen molar-refractivity contribution in [1.82, 2.24) is 15.2 Å². The van der Waals surface area contributed by atoms with E-state index >= 15 is 0 Å². The van der Waals surface area contributed by atoms with Gasteiger partial charge in [-0.25, -0.2) is 9.78 Å². The second-order valence-electron chi connectivity index (χ2n) is 3.49. The quantitative estimate of drug-likeness (QED) is 0.748. The molecular weight excluding hydrogens is 270 g/mol. The minimum absolute atomic E-state index is 0.0728. The summed E-state index contributed by atoms with van der Waals surface area (Å²) in [5.74, 6) is 0.174. The number of carbonyl (C=O) groups is 1. The number of aromatic amines is 1. The largest absolute Gasteiger partial charge is 0.460 e. The molecule has 0 aliphatic heterocycles. The van der Waals surface area contributed by atoms with Crippen molar-refractivity contribution >= 4 is 38.0 Å². The molecule has 0 aliphatic carbocycles. The van der Waals surface area contributed by atoms with Gasteiger partial charge in [-0.15, -0.1) is 27.8 Å². The number of carbonyl (C=O) groups excluding carboxylic acids is 1. The second kappa shape index (κ2) is 4.51. The standard InChI is InChI=1S/C11H9N3O2S2/c1-2-16-11(15)10-12-9(13-14-10)8-5-7-6(18-8)3-4-17-7/h3-5H,2H2,1H3,(H,12,13,14). The van der Waals surface area contributed by atoms with E-state index in [9.17, 15) is 4.79 Å². The van der Waals surface area contributed by atoms with Crippen LogP contribution in [0.2, 0.25) is 0 Å². The highest BCUT2D eigenvalue weighted by atomic mass is 32.1. The van der Waals surface area contributed by atoms with Gasteiger partial charge < -0.3 is 4.74 Å². The van der Waals surface area contributed by atoms with E-state index in [-0.39, 0.29) is 5.82 Å². The van der Waals surface area contributed by atoms with E-state index < -0.39 is 5.97 Å². The Morgan fingerprint density at radius 1 is 1.50 bits per heavy atom. The highest BCUT2D eigenvalue weighted by molar-refractivity contribution is 7.28. The predicted molar refractivity (Wildman–Crippen MR) is 71.0 cm³/mol. The topological polar surface area (TPSA) is 67.9 Å². The van der Waals surface area contributed by atoms with Crippen LogP contribution in [-0.4, -0.2) is 27.8 Å². The van der Waals surface area contributed by atoms with E-state index in [4.69, 9.17) is 4.74 Å². The molecule has 0 fully saturated rings. The molecular formula is C11H9N3O2S2. The van der Waals surface area contributed by atoms with Crippen LogP contribution in [0.4, 0.5) is 0 Å². The van der Waals surface area contributed by atoms with Crippen LogP contribution >= 0.6 is 22.7 Å². The Balaban J connectivity index is 1.93. The summed E-state index contributed by atoms with van der Waals surface area (Å²) in [6.07, 6.45) is 0. The molecule has 92 valence electrons. The molecule has 5 nitrogen and oxygen atoms in total. The Kier molecular flexibility index (Phi) is 2.85. The van der Waals surface area contributed by atoms with Gasteiger partial charge in [0.1, 0.15) is 0 Å². The first kappa shape index (κ1) is 11.4. The smallest absolute Gasteiger partial charge is 0.378 e. The molecule has 0 amide bonds. The number of hydrogen-bond acceptors (Lipinski definition) is 6. The number of hydrogen-bond donors (Lipinski definition) is 1. The third-order valence-electron chi connectivity index (χ3n) is 2.32. The van der Waals surface area contributed by atoms with Crippen molar-refractivity contribution in [2.45, 2.75) is 6.92 Å². The minimum atomic E-state index is -0.502. The van der Waals surface area contributed by atoms with Gasteiger partial charge in [-0.05, 0) is 24.4 Å². The first-order valence-corrected chi connectivity index (χ1v) is 7.04. The van der Waals surface area contributed by atoms with E-state index in [0.29, 0.717) is 12.4 Å². The average molecular weight is 279 g/mol. The zero-order chi connectivity index (χ0) is 12.5. The Bertz CT molecular complexity index is 669. The average Bonchev–Trinajstić information content (AvgIpc) is 3.03. The van der Waals surface area contributed by atoms with Crippen LogP contribution in [0.15, 0.2) is 17.5 Å². The van der Waals surface area contributed by atoms with E-state index in [1.165, 1.54) is 9.40 Å². The number of H-pyrrole nitrogens is 1. The third-order valence-corrected chi connectivity index (χ3v) is 4.42. The number of esters is 1. The van der Waals surface area contributed by atoms with E-state index in [1.54, 1.807) is 29.6 Å². The molecule has 0 unspecified atom stereocenters. The van der Waals surface area contributed by atoms with Crippen molar-refractivity contribution < 1.29 is 9.53 Å². The first-order valence-electron chi connectivity index (χ1n) is 5.35. The fourth-order valence-corrected chi connectivity index (χ4v) is 3.59. The highest BCUT2D eigenvalue weighted by Crippen LogP contribution is 2.34. The molecule has 0 saturated heterocycles. The lowest BCUT2D eigenvalue weighted by Crippen LogP contribution is -2.06. The summed E-state index contributed by atoms with van der Waals surface area (Å²) in [5, 5.41) is 8.68. The molecule has 3 heterocycles. The Hall–Kier alpha value is -1.73. The fourth-order valence-electron chi connectivity index (χ4n) is 1.54. The molecule has 7 heteroatoms. The third kappa shape index (κ3) is 1.91. The van der Waals surface area contributed by atoms with Crippen LogP contribution in [0.1, 0.15) is 17.5 Å². The number of fused-ring (bicyclic) bond motifs is 1. The van der Waals surface area contributed by atoms with Gasteiger partial charge in [-0.2, -0.15) is 0 Å². The first-order chi connectivity index (χ1) is 8.78. The molecule has 3 aromatic heterocycles. The number of ether oxygens (including phenoxy) is 1. The van der Waals surface area contributed by atoms with E-state index in [0.717, 1.165) is 4.88 Å². The fraction of sp³-hybridized carbons (Fsp3) is 0.182. The molecule has 0 bridgehead atoms. The van der Waals surface area contributed by atoms with Crippen LogP contribution in [0, 0.1) is 0 Å². The van der Waals surface area contributed by atoms with Gasteiger partial charge in [-0.1, -0.05) is 0 Å². The summed E-state index contributed by atoms with van der Waals surface area (Å²) in [4.78, 5) is 16.6. The molecule has 0 atom stereocenters. The zero-order valence-corrected chi connectivity index (χ0v) is 11.1. The van der Waals surface area contributed by atoms with Crippen LogP contribution < -0.4 is 0 Å². The molecule has 0 saturated carbocycles. The molecule has 0 aromatic carbocycles. The molecule has 3 rings (SSSR count). The van der Waals surface area contributed by atoms with Gasteiger partial charge in [0.15, 0.2) is 5.82 Å². The number of nitrogens with one attached hydrogen (secondary N) is 1. The lowest BCUT2D eigenvalue weighted by molar-refractivity contribution is 0.0512. The van der Waals surface area contributed by atoms with Gasteiger partial charge >= 0.3 is 5.97 Å². The Labute approximate surface area is 110 Å². The number of aromatic nitrogens is 3. The lowest BCUT2D eigenvalue weighted by atomic mass is 10.4. The van der Waals surface area contributed by atoms with Gasteiger partial charge in [-0.3, -0.25) is 5.10 Å².